The highest BCUT2D eigenvalue weighted by Crippen LogP contribution is 2.26. The Morgan fingerprint density at radius 1 is 1.08 bits per heavy atom. The van der Waals surface area contributed by atoms with Gasteiger partial charge in [-0.05, 0) is 54.7 Å². The van der Waals surface area contributed by atoms with Gasteiger partial charge in [-0.3, -0.25) is 10.1 Å². The standard InChI is InChI=1S/C19H17N3O3/c23-17(12-24-16-10-9-13-7-4-8-15(13)11-16)20-19-22-21-18(25-19)14-5-2-1-3-6-14/h1-3,5-6,9-11H,4,7-8,12H2,(H,20,22,23). The molecule has 0 saturated carbocycles. The summed E-state index contributed by atoms with van der Waals surface area (Å²) in [6.45, 7) is -0.109. The molecule has 4 rings (SSSR count). The number of carbonyl (C=O) groups is 1. The lowest BCUT2D eigenvalue weighted by Crippen LogP contribution is -2.20. The van der Waals surface area contributed by atoms with Gasteiger partial charge in [0.15, 0.2) is 6.61 Å². The predicted molar refractivity (Wildman–Crippen MR) is 92.3 cm³/mol. The van der Waals surface area contributed by atoms with E-state index in [2.05, 4.69) is 21.6 Å². The molecule has 6 nitrogen and oxygen atoms in total. The van der Waals surface area contributed by atoms with Crippen molar-refractivity contribution in [1.29, 1.82) is 0 Å². The van der Waals surface area contributed by atoms with E-state index in [0.29, 0.717) is 11.6 Å². The minimum atomic E-state index is -0.344. The van der Waals surface area contributed by atoms with Gasteiger partial charge in [0.2, 0.25) is 5.89 Å². The number of aryl methyl sites for hydroxylation is 2. The fraction of sp³-hybridized carbons (Fsp3) is 0.211. The molecule has 126 valence electrons. The molecular formula is C19H17N3O3. The summed E-state index contributed by atoms with van der Waals surface area (Å²) >= 11 is 0. The highest BCUT2D eigenvalue weighted by atomic mass is 16.5. The number of hydrogen-bond donors (Lipinski definition) is 1. The minimum absolute atomic E-state index is 0.0569. The van der Waals surface area contributed by atoms with Crippen LogP contribution in [0, 0.1) is 0 Å². The van der Waals surface area contributed by atoms with E-state index in [1.807, 2.05) is 42.5 Å². The number of anilines is 1. The molecule has 3 aromatic rings. The molecular weight excluding hydrogens is 318 g/mol. The van der Waals surface area contributed by atoms with Gasteiger partial charge in [-0.2, -0.15) is 0 Å². The van der Waals surface area contributed by atoms with Crippen molar-refractivity contribution >= 4 is 11.9 Å². The number of benzene rings is 2. The van der Waals surface area contributed by atoms with Crippen molar-refractivity contribution in [1.82, 2.24) is 10.2 Å². The van der Waals surface area contributed by atoms with Crippen LogP contribution in [0.3, 0.4) is 0 Å². The molecule has 1 heterocycles. The molecule has 0 saturated heterocycles. The first-order valence-electron chi connectivity index (χ1n) is 8.21. The van der Waals surface area contributed by atoms with Crippen LogP contribution in [-0.2, 0) is 17.6 Å². The smallest absolute Gasteiger partial charge is 0.322 e. The highest BCUT2D eigenvalue weighted by Gasteiger charge is 2.14. The Morgan fingerprint density at radius 3 is 2.80 bits per heavy atom. The molecule has 0 radical (unpaired) electrons. The summed E-state index contributed by atoms with van der Waals surface area (Å²) in [4.78, 5) is 12.0. The average molecular weight is 335 g/mol. The number of rotatable bonds is 5. The van der Waals surface area contributed by atoms with E-state index in [0.717, 1.165) is 18.4 Å². The second-order valence-corrected chi connectivity index (χ2v) is 5.90. The monoisotopic (exact) mass is 335 g/mol. The van der Waals surface area contributed by atoms with Crippen LogP contribution < -0.4 is 10.1 Å². The first kappa shape index (κ1) is 15.4. The van der Waals surface area contributed by atoms with Crippen molar-refractivity contribution in [2.75, 3.05) is 11.9 Å². The van der Waals surface area contributed by atoms with Crippen LogP contribution in [0.5, 0.6) is 5.75 Å². The summed E-state index contributed by atoms with van der Waals surface area (Å²) in [6, 6.07) is 15.4. The van der Waals surface area contributed by atoms with E-state index in [1.165, 1.54) is 17.5 Å². The molecule has 0 spiro atoms. The zero-order valence-corrected chi connectivity index (χ0v) is 13.6. The van der Waals surface area contributed by atoms with E-state index in [9.17, 15) is 4.79 Å². The van der Waals surface area contributed by atoms with Crippen LogP contribution in [0.25, 0.3) is 11.5 Å². The molecule has 1 aliphatic carbocycles. The Balaban J connectivity index is 1.34. The Kier molecular flexibility index (Phi) is 4.16. The Hall–Kier alpha value is -3.15. The third-order valence-electron chi connectivity index (χ3n) is 4.13. The van der Waals surface area contributed by atoms with Gasteiger partial charge in [0.1, 0.15) is 5.75 Å². The third-order valence-corrected chi connectivity index (χ3v) is 4.13. The number of hydrogen-bond acceptors (Lipinski definition) is 5. The van der Waals surface area contributed by atoms with Crippen molar-refractivity contribution < 1.29 is 13.9 Å². The third kappa shape index (κ3) is 3.52. The molecule has 0 fully saturated rings. The fourth-order valence-corrected chi connectivity index (χ4v) is 2.91. The molecule has 1 N–H and O–H groups in total. The van der Waals surface area contributed by atoms with Gasteiger partial charge in [-0.15, -0.1) is 5.10 Å². The van der Waals surface area contributed by atoms with Crippen molar-refractivity contribution in [3.8, 4) is 17.2 Å². The number of carbonyl (C=O) groups excluding carboxylic acids is 1. The molecule has 0 aliphatic heterocycles. The first-order valence-corrected chi connectivity index (χ1v) is 8.21. The van der Waals surface area contributed by atoms with E-state index in [-0.39, 0.29) is 18.5 Å². The topological polar surface area (TPSA) is 77.2 Å². The highest BCUT2D eigenvalue weighted by molar-refractivity contribution is 5.89. The number of ether oxygens (including phenoxy) is 1. The van der Waals surface area contributed by atoms with Gasteiger partial charge in [-0.1, -0.05) is 29.4 Å². The number of amides is 1. The summed E-state index contributed by atoms with van der Waals surface area (Å²) in [7, 11) is 0. The molecule has 1 aromatic heterocycles. The Bertz CT molecular complexity index is 890. The molecule has 0 atom stereocenters. The van der Waals surface area contributed by atoms with Gasteiger partial charge in [-0.25, -0.2) is 0 Å². The Morgan fingerprint density at radius 2 is 1.92 bits per heavy atom. The maximum absolute atomic E-state index is 12.0. The van der Waals surface area contributed by atoms with Crippen LogP contribution in [-0.4, -0.2) is 22.7 Å². The molecule has 0 bridgehead atoms. The summed E-state index contributed by atoms with van der Waals surface area (Å²) < 4.78 is 11.0. The van der Waals surface area contributed by atoms with Crippen LogP contribution in [0.4, 0.5) is 6.01 Å². The predicted octanol–water partition coefficient (Wildman–Crippen LogP) is 3.24. The maximum Gasteiger partial charge on any atom is 0.322 e. The van der Waals surface area contributed by atoms with E-state index >= 15 is 0 Å². The zero-order valence-electron chi connectivity index (χ0n) is 13.6. The van der Waals surface area contributed by atoms with E-state index in [1.54, 1.807) is 0 Å². The van der Waals surface area contributed by atoms with E-state index in [4.69, 9.17) is 9.15 Å². The molecule has 2 aromatic carbocycles. The molecule has 6 heteroatoms. The molecule has 25 heavy (non-hydrogen) atoms. The van der Waals surface area contributed by atoms with E-state index < -0.39 is 0 Å². The lowest BCUT2D eigenvalue weighted by molar-refractivity contribution is -0.118. The Labute approximate surface area is 144 Å². The van der Waals surface area contributed by atoms with Crippen molar-refractivity contribution in [3.63, 3.8) is 0 Å². The summed E-state index contributed by atoms with van der Waals surface area (Å²) in [5.74, 6) is 0.713. The van der Waals surface area contributed by atoms with Crippen LogP contribution >= 0.6 is 0 Å². The summed E-state index contributed by atoms with van der Waals surface area (Å²) in [5.41, 5.74) is 3.48. The summed E-state index contributed by atoms with van der Waals surface area (Å²) in [6.07, 6.45) is 3.38. The second-order valence-electron chi connectivity index (χ2n) is 5.90. The molecule has 0 unspecified atom stereocenters. The molecule has 1 amide bonds. The summed E-state index contributed by atoms with van der Waals surface area (Å²) in [5, 5.41) is 10.3. The molecule has 1 aliphatic rings. The van der Waals surface area contributed by atoms with Gasteiger partial charge < -0.3 is 9.15 Å². The van der Waals surface area contributed by atoms with Crippen molar-refractivity contribution in [2.24, 2.45) is 0 Å². The number of aromatic nitrogens is 2. The van der Waals surface area contributed by atoms with Crippen molar-refractivity contribution in [2.45, 2.75) is 19.3 Å². The van der Waals surface area contributed by atoms with Crippen LogP contribution in [0.15, 0.2) is 52.9 Å². The quantitative estimate of drug-likeness (QED) is 0.774. The van der Waals surface area contributed by atoms with Gasteiger partial charge >= 0.3 is 6.01 Å². The second kappa shape index (κ2) is 6.76. The zero-order chi connectivity index (χ0) is 17.1. The first-order chi connectivity index (χ1) is 12.3. The largest absolute Gasteiger partial charge is 0.484 e. The number of nitrogens with one attached hydrogen (secondary N) is 1. The van der Waals surface area contributed by atoms with Gasteiger partial charge in [0.05, 0.1) is 0 Å². The lowest BCUT2D eigenvalue weighted by atomic mass is 10.1. The lowest BCUT2D eigenvalue weighted by Gasteiger charge is -2.07. The van der Waals surface area contributed by atoms with Crippen LogP contribution in [0.2, 0.25) is 0 Å². The van der Waals surface area contributed by atoms with Crippen LogP contribution in [0.1, 0.15) is 17.5 Å². The average Bonchev–Trinajstić information content (AvgIpc) is 3.29. The minimum Gasteiger partial charge on any atom is -0.484 e. The fourth-order valence-electron chi connectivity index (χ4n) is 2.91. The normalized spacial score (nSPS) is 12.6. The van der Waals surface area contributed by atoms with Gasteiger partial charge in [0, 0.05) is 5.56 Å². The number of nitrogens with zero attached hydrogens (tertiary/aromatic N) is 2. The SMILES string of the molecule is O=C(COc1ccc2c(c1)CCC2)Nc1nnc(-c2ccccc2)o1. The van der Waals surface area contributed by atoms with Crippen molar-refractivity contribution in [3.05, 3.63) is 59.7 Å². The maximum atomic E-state index is 12.0. The van der Waals surface area contributed by atoms with Gasteiger partial charge in [0.25, 0.3) is 5.91 Å². The number of fused-ring (bicyclic) bond motifs is 1.